The molecule has 1 aliphatic heterocycles. The fourth-order valence-electron chi connectivity index (χ4n) is 3.97. The molecule has 0 fully saturated rings. The maximum Gasteiger partial charge on any atom is 0.294 e. The number of hydrazone groups is 1. The summed E-state index contributed by atoms with van der Waals surface area (Å²) in [6.45, 7) is 3.84. The van der Waals surface area contributed by atoms with Gasteiger partial charge in [-0.1, -0.05) is 25.2 Å². The van der Waals surface area contributed by atoms with E-state index in [1.807, 2.05) is 6.92 Å². The molecule has 0 spiro atoms. The fraction of sp³-hybridized carbons (Fsp3) is 0.148. The van der Waals surface area contributed by atoms with Crippen LogP contribution in [0.25, 0.3) is 11.8 Å². The lowest BCUT2D eigenvalue weighted by Gasteiger charge is -2.11. The average Bonchev–Trinajstić information content (AvgIpc) is 3.43. The molecule has 0 atom stereocenters. The number of rotatable bonds is 10. The van der Waals surface area contributed by atoms with Gasteiger partial charge < -0.3 is 4.74 Å². The van der Waals surface area contributed by atoms with Gasteiger partial charge in [-0.2, -0.15) is 26.9 Å². The highest BCUT2D eigenvalue weighted by molar-refractivity contribution is 7.86. The molecule has 3 aromatic rings. The van der Waals surface area contributed by atoms with Gasteiger partial charge in [-0.05, 0) is 74.0 Å². The monoisotopic (exact) mass is 614 g/mol. The number of hydrogen-bond acceptors (Lipinski definition) is 8. The van der Waals surface area contributed by atoms with E-state index >= 15 is 0 Å². The van der Waals surface area contributed by atoms with E-state index in [0.29, 0.717) is 29.1 Å². The Morgan fingerprint density at radius 1 is 0.857 bits per heavy atom. The third kappa shape index (κ3) is 6.49. The molecule has 2 heterocycles. The number of carbonyl (C=O) groups excluding carboxylic acids is 1. The largest absolute Gasteiger partial charge is 0.478 e. The van der Waals surface area contributed by atoms with Crippen molar-refractivity contribution in [1.29, 1.82) is 0 Å². The molecule has 0 saturated carbocycles. The summed E-state index contributed by atoms with van der Waals surface area (Å²) in [5.74, 6) is -0.237. The van der Waals surface area contributed by atoms with Crippen molar-refractivity contribution in [2.24, 2.45) is 5.10 Å². The summed E-state index contributed by atoms with van der Waals surface area (Å²) in [4.78, 5) is 25.5. The van der Waals surface area contributed by atoms with Crippen LogP contribution in [0.4, 0.5) is 5.69 Å². The van der Waals surface area contributed by atoms with Gasteiger partial charge in [0.1, 0.15) is 5.56 Å². The van der Waals surface area contributed by atoms with Gasteiger partial charge >= 0.3 is 0 Å². The van der Waals surface area contributed by atoms with Crippen molar-refractivity contribution in [3.63, 3.8) is 0 Å². The molecule has 0 bridgehead atoms. The summed E-state index contributed by atoms with van der Waals surface area (Å²) in [7, 11) is -8.76. The molecule has 15 heteroatoms. The second-order valence-corrected chi connectivity index (χ2v) is 11.6. The van der Waals surface area contributed by atoms with E-state index < -0.39 is 31.7 Å². The van der Waals surface area contributed by atoms with E-state index in [-0.39, 0.29) is 27.8 Å². The van der Waals surface area contributed by atoms with E-state index in [1.165, 1.54) is 47.2 Å². The number of aromatic nitrogens is 2. The highest BCUT2D eigenvalue weighted by Gasteiger charge is 2.29. The molecule has 0 saturated heterocycles. The van der Waals surface area contributed by atoms with Crippen molar-refractivity contribution >= 4 is 43.6 Å². The molecule has 0 radical (unpaired) electrons. The quantitative estimate of drug-likeness (QED) is 0.175. The molecular weight excluding hydrogens is 588 g/mol. The lowest BCUT2D eigenvalue weighted by atomic mass is 10.1. The van der Waals surface area contributed by atoms with Crippen molar-refractivity contribution in [2.45, 2.75) is 30.1 Å². The minimum Gasteiger partial charge on any atom is -0.478 e. The number of allylic oxidation sites excluding steroid dienone is 4. The number of anilines is 1. The van der Waals surface area contributed by atoms with Gasteiger partial charge in [0, 0.05) is 0 Å². The number of hydrogen-bond donors (Lipinski definition) is 3. The van der Waals surface area contributed by atoms with Crippen molar-refractivity contribution in [3.8, 4) is 11.6 Å². The Labute approximate surface area is 241 Å². The minimum atomic E-state index is -4.38. The molecule has 1 aromatic heterocycles. The van der Waals surface area contributed by atoms with Crippen LogP contribution in [0.5, 0.6) is 5.88 Å². The lowest BCUT2D eigenvalue weighted by Crippen LogP contribution is -2.21. The number of nitrogens with zero attached hydrogens (tertiary/aromatic N) is 3. The van der Waals surface area contributed by atoms with Gasteiger partial charge in [-0.15, -0.1) is 0 Å². The normalized spacial score (nSPS) is 15.3. The van der Waals surface area contributed by atoms with Crippen molar-refractivity contribution in [1.82, 2.24) is 9.78 Å². The standard InChI is InChI=1S/C27H26N4O9S2/c1-3-24-22(26(32)30(28-24)18-10-14-20(15-11-18)41(34,35)36)8-6-5-7-9-23-25(40-4-2)29-31(27(23)33)19-12-16-21(17-13-19)42(37,38)39/h5-17,29H,3-4H2,1-2H3,(H,34,35,36)(H,37,38,39). The Hall–Kier alpha value is -4.57. The van der Waals surface area contributed by atoms with Gasteiger partial charge in [0.2, 0.25) is 5.88 Å². The first-order valence-electron chi connectivity index (χ1n) is 12.5. The van der Waals surface area contributed by atoms with Crippen LogP contribution in [-0.2, 0) is 25.0 Å². The Balaban J connectivity index is 1.55. The fourth-order valence-corrected chi connectivity index (χ4v) is 4.93. The van der Waals surface area contributed by atoms with Crippen molar-refractivity contribution in [2.75, 3.05) is 11.6 Å². The molecule has 4 rings (SSSR count). The van der Waals surface area contributed by atoms with Crippen LogP contribution in [0.1, 0.15) is 25.8 Å². The Bertz CT molecular complexity index is 1900. The van der Waals surface area contributed by atoms with Crippen molar-refractivity contribution in [3.05, 3.63) is 94.3 Å². The number of ether oxygens (including phenoxy) is 1. The van der Waals surface area contributed by atoms with Gasteiger partial charge in [-0.3, -0.25) is 23.8 Å². The van der Waals surface area contributed by atoms with Crippen molar-refractivity contribution < 1.29 is 35.5 Å². The van der Waals surface area contributed by atoms with Gasteiger partial charge in [0.15, 0.2) is 0 Å². The SMILES string of the molecule is CCOc1[nH]n(-c2ccc(S(=O)(=O)O)cc2)c(=O)c1C=CC=CC=C1C(=O)N(c2ccc(S(=O)(=O)O)cc2)N=C1CC. The first-order valence-corrected chi connectivity index (χ1v) is 15.3. The third-order valence-corrected chi connectivity index (χ3v) is 7.73. The Kier molecular flexibility index (Phi) is 8.77. The smallest absolute Gasteiger partial charge is 0.294 e. The van der Waals surface area contributed by atoms with E-state index in [1.54, 1.807) is 31.2 Å². The number of benzene rings is 2. The molecular formula is C27H26N4O9S2. The summed E-state index contributed by atoms with van der Waals surface area (Å²) in [6, 6.07) is 10.1. The molecule has 13 nitrogen and oxygen atoms in total. The Morgan fingerprint density at radius 2 is 1.43 bits per heavy atom. The lowest BCUT2D eigenvalue weighted by molar-refractivity contribution is -0.114. The summed E-state index contributed by atoms with van der Waals surface area (Å²) in [5, 5.41) is 8.30. The van der Waals surface area contributed by atoms with E-state index in [2.05, 4.69) is 10.2 Å². The summed E-state index contributed by atoms with van der Waals surface area (Å²) in [6.07, 6.45) is 8.30. The zero-order valence-electron chi connectivity index (χ0n) is 22.3. The number of aromatic amines is 1. The van der Waals surface area contributed by atoms with Gasteiger partial charge in [0.05, 0.1) is 39.1 Å². The highest BCUT2D eigenvalue weighted by atomic mass is 32.2. The Morgan fingerprint density at radius 3 is 1.95 bits per heavy atom. The minimum absolute atomic E-state index is 0.186. The number of carbonyl (C=O) groups is 1. The van der Waals surface area contributed by atoms with E-state index in [0.717, 1.165) is 17.1 Å². The zero-order valence-corrected chi connectivity index (χ0v) is 24.0. The van der Waals surface area contributed by atoms with Crippen LogP contribution < -0.4 is 15.3 Å². The predicted octanol–water partition coefficient (Wildman–Crippen LogP) is 3.37. The van der Waals surface area contributed by atoms with Gasteiger partial charge in [-0.25, -0.2) is 4.68 Å². The summed E-state index contributed by atoms with van der Waals surface area (Å²) < 4.78 is 70.3. The first kappa shape index (κ1) is 30.4. The molecule has 0 unspecified atom stereocenters. The molecule has 0 aliphatic carbocycles. The van der Waals surface area contributed by atoms with E-state index in [9.17, 15) is 31.0 Å². The molecule has 220 valence electrons. The maximum atomic E-state index is 13.1. The van der Waals surface area contributed by atoms with Crippen LogP contribution in [0.15, 0.2) is 98.1 Å². The van der Waals surface area contributed by atoms with Gasteiger partial charge in [0.25, 0.3) is 31.7 Å². The van der Waals surface area contributed by atoms with Crippen LogP contribution in [0.2, 0.25) is 0 Å². The maximum absolute atomic E-state index is 13.1. The molecule has 1 aliphatic rings. The molecule has 3 N–H and O–H groups in total. The van der Waals surface area contributed by atoms with Crippen LogP contribution >= 0.6 is 0 Å². The number of nitrogens with one attached hydrogen (secondary N) is 1. The zero-order chi connectivity index (χ0) is 30.7. The predicted molar refractivity (Wildman–Crippen MR) is 155 cm³/mol. The summed E-state index contributed by atoms with van der Waals surface area (Å²) in [5.41, 5.74) is 1.21. The molecule has 2 aromatic carbocycles. The molecule has 42 heavy (non-hydrogen) atoms. The number of H-pyrrole nitrogens is 1. The number of amides is 1. The topological polar surface area (TPSA) is 188 Å². The van der Waals surface area contributed by atoms with Crippen LogP contribution in [0, 0.1) is 0 Å². The van der Waals surface area contributed by atoms with Crippen LogP contribution in [-0.4, -0.2) is 53.9 Å². The molecule has 1 amide bonds. The third-order valence-electron chi connectivity index (χ3n) is 5.99. The average molecular weight is 615 g/mol. The van der Waals surface area contributed by atoms with Crippen LogP contribution in [0.3, 0.4) is 0 Å². The summed E-state index contributed by atoms with van der Waals surface area (Å²) >= 11 is 0. The first-order chi connectivity index (χ1) is 19.8. The van der Waals surface area contributed by atoms with E-state index in [4.69, 9.17) is 9.29 Å². The second kappa shape index (κ2) is 12.1. The highest BCUT2D eigenvalue weighted by Crippen LogP contribution is 2.26. The second-order valence-electron chi connectivity index (χ2n) is 8.71.